The van der Waals surface area contributed by atoms with Crippen LogP contribution in [0, 0.1) is 0 Å². The zero-order valence-electron chi connectivity index (χ0n) is 7.80. The first-order chi connectivity index (χ1) is 8.14. The van der Waals surface area contributed by atoms with Crippen LogP contribution in [0.3, 0.4) is 0 Å². The Morgan fingerprint density at radius 2 is 0.842 bits per heavy atom. The Kier molecular flexibility index (Phi) is 3.74. The molecule has 0 aromatic carbocycles. The molecule has 0 aliphatic carbocycles. The van der Waals surface area contributed by atoms with Gasteiger partial charge < -0.3 is 0 Å². The Balaban J connectivity index is 3.14. The van der Waals surface area contributed by atoms with Gasteiger partial charge in [0, 0.05) is 0 Å². The summed E-state index contributed by atoms with van der Waals surface area (Å²) in [6, 6.07) is 0. The van der Waals surface area contributed by atoms with Crippen molar-refractivity contribution in [1.82, 2.24) is 0 Å². The molecule has 19 heavy (non-hydrogen) atoms. The maximum absolute atomic E-state index is 11.9. The van der Waals surface area contributed by atoms with Gasteiger partial charge in [-0.2, -0.15) is 0 Å². The van der Waals surface area contributed by atoms with E-state index in [9.17, 15) is 39.5 Å². The third-order valence-corrected chi connectivity index (χ3v) is 3.19. The van der Waals surface area contributed by atoms with Gasteiger partial charge in [0.05, 0.1) is 0 Å². The normalized spacial score (nSPS) is 25.2. The average molecular weight is 334 g/mol. The summed E-state index contributed by atoms with van der Waals surface area (Å²) in [5.74, 6) is 0. The van der Waals surface area contributed by atoms with E-state index in [1.807, 2.05) is 0 Å². The maximum atomic E-state index is 11.9. The molecule has 1 aliphatic heterocycles. The second kappa shape index (κ2) is 4.28. The molecule has 0 atom stereocenters. The van der Waals surface area contributed by atoms with Crippen LogP contribution in [-0.4, -0.2) is 19.1 Å². The van der Waals surface area contributed by atoms with Gasteiger partial charge in [-0.15, -0.1) is 0 Å². The summed E-state index contributed by atoms with van der Waals surface area (Å²) in [5.41, 5.74) is 0. The van der Waals surface area contributed by atoms with Gasteiger partial charge in [-0.3, -0.25) is 0 Å². The molecule has 1 saturated heterocycles. The van der Waals surface area contributed by atoms with Gasteiger partial charge in [0.25, 0.3) is 0 Å². The summed E-state index contributed by atoms with van der Waals surface area (Å²) in [5, 5.41) is 2.96. The van der Waals surface area contributed by atoms with E-state index in [1.165, 1.54) is 0 Å². The summed E-state index contributed by atoms with van der Waals surface area (Å²) in [6.07, 6.45) is -18.3. The number of rotatable bonds is 3. The van der Waals surface area contributed by atoms with Gasteiger partial charge >= 0.3 is 94.3 Å². The minimum absolute atomic E-state index is 2.48. The predicted octanol–water partition coefficient (Wildman–Crippen LogP) is 3.62. The third-order valence-electron chi connectivity index (χ3n) is 1.06. The summed E-state index contributed by atoms with van der Waals surface area (Å²) < 4.78 is 120. The number of alkyl halides is 9. The van der Waals surface area contributed by atoms with Crippen molar-refractivity contribution < 1.29 is 67.5 Å². The molecular weight excluding hydrogens is 334 g/mol. The van der Waals surface area contributed by atoms with Gasteiger partial charge in [0.2, 0.25) is 0 Å². The molecule has 1 heterocycles. The van der Waals surface area contributed by atoms with E-state index < -0.39 is 26.8 Å². The van der Waals surface area contributed by atoms with Crippen molar-refractivity contribution in [2.24, 2.45) is 0 Å². The first-order valence-electron chi connectivity index (χ1n) is 3.56. The van der Waals surface area contributed by atoms with Gasteiger partial charge in [-0.05, 0) is 0 Å². The van der Waals surface area contributed by atoms with Gasteiger partial charge in [-0.25, -0.2) is 0 Å². The van der Waals surface area contributed by atoms with Gasteiger partial charge in [0.15, 0.2) is 0 Å². The molecule has 6 nitrogen and oxygen atoms in total. The molecule has 0 N–H and O–H groups in total. The Labute approximate surface area is 95.6 Å². The predicted molar refractivity (Wildman–Crippen MR) is 31.6 cm³/mol. The van der Waals surface area contributed by atoms with Crippen LogP contribution in [-0.2, 0) is 28.0 Å². The average Bonchev–Trinajstić information content (AvgIpc) is 1.89. The first-order valence-corrected chi connectivity index (χ1v) is 5.39. The summed E-state index contributed by atoms with van der Waals surface area (Å²) in [6.45, 7) is 0. The molecule has 0 amide bonds. The van der Waals surface area contributed by atoms with Crippen LogP contribution in [0.4, 0.5) is 39.5 Å². The molecular formula is C3F9O6P. The van der Waals surface area contributed by atoms with Crippen LogP contribution >= 0.6 is 7.74 Å². The van der Waals surface area contributed by atoms with Crippen LogP contribution in [0.25, 0.3) is 0 Å². The molecule has 116 valence electrons. The molecule has 0 aromatic heterocycles. The van der Waals surface area contributed by atoms with Crippen LogP contribution in [0.2, 0.25) is 0 Å². The van der Waals surface area contributed by atoms with Gasteiger partial charge in [-0.1, -0.05) is 0 Å². The summed E-state index contributed by atoms with van der Waals surface area (Å²) in [7, 11) is -7.58. The van der Waals surface area contributed by atoms with Crippen LogP contribution in [0.5, 0.6) is 0 Å². The molecule has 1 fully saturated rings. The zero-order chi connectivity index (χ0) is 15.2. The van der Waals surface area contributed by atoms with Crippen LogP contribution < -0.4 is 0 Å². The van der Waals surface area contributed by atoms with Crippen molar-refractivity contribution >= 4 is 7.74 Å². The number of hydrogen-bond acceptors (Lipinski definition) is 6. The van der Waals surface area contributed by atoms with Crippen molar-refractivity contribution in [1.29, 1.82) is 0 Å². The molecule has 0 spiro atoms. The molecule has 16 heteroatoms. The van der Waals surface area contributed by atoms with Crippen molar-refractivity contribution in [3.8, 4) is 0 Å². The van der Waals surface area contributed by atoms with Crippen molar-refractivity contribution in [2.45, 2.75) is 19.1 Å². The van der Waals surface area contributed by atoms with Crippen LogP contribution in [0.15, 0.2) is 0 Å². The molecule has 0 bridgehead atoms. The second-order valence-electron chi connectivity index (χ2n) is 2.57. The summed E-state index contributed by atoms with van der Waals surface area (Å²) in [4.78, 5) is 0. The number of hydrogen-bond donors (Lipinski definition) is 0. The van der Waals surface area contributed by atoms with Crippen molar-refractivity contribution in [2.75, 3.05) is 0 Å². The molecule has 0 saturated carbocycles. The fourth-order valence-corrected chi connectivity index (χ4v) is 2.28. The van der Waals surface area contributed by atoms with Crippen molar-refractivity contribution in [3.05, 3.63) is 0 Å². The Morgan fingerprint density at radius 1 is 0.579 bits per heavy atom. The molecule has 1 rings (SSSR count). The fourth-order valence-electron chi connectivity index (χ4n) is 0.759. The quantitative estimate of drug-likeness (QED) is 0.446. The molecule has 0 aromatic rings. The Bertz CT molecular complexity index is 294. The molecule has 0 unspecified atom stereocenters. The minimum atomic E-state index is -7.58. The summed E-state index contributed by atoms with van der Waals surface area (Å²) >= 11 is 0. The van der Waals surface area contributed by atoms with E-state index in [0.29, 0.717) is 0 Å². The standard InChI is InChI=1S/C3F9O6P/c4-1(5,6)13-19(17-16-18-19,14-2(7,8)9)15-3(10,11)12. The third kappa shape index (κ3) is 4.55. The number of halogens is 9. The zero-order valence-corrected chi connectivity index (χ0v) is 8.69. The molecule has 0 radical (unpaired) electrons. The topological polar surface area (TPSA) is 55.4 Å². The van der Waals surface area contributed by atoms with E-state index in [-0.39, 0.29) is 0 Å². The Hall–Kier alpha value is -0.440. The van der Waals surface area contributed by atoms with E-state index in [2.05, 4.69) is 28.0 Å². The Morgan fingerprint density at radius 3 is 0.947 bits per heavy atom. The van der Waals surface area contributed by atoms with E-state index >= 15 is 0 Å². The fraction of sp³-hybridized carbons (Fsp3) is 1.00. The van der Waals surface area contributed by atoms with E-state index in [0.717, 1.165) is 0 Å². The monoisotopic (exact) mass is 334 g/mol. The van der Waals surface area contributed by atoms with E-state index in [4.69, 9.17) is 0 Å². The van der Waals surface area contributed by atoms with Gasteiger partial charge in [0.1, 0.15) is 0 Å². The van der Waals surface area contributed by atoms with E-state index in [1.54, 1.807) is 0 Å². The SMILES string of the molecule is FC(F)(F)OP1(OC(F)(F)F)(OC(F)(F)F)OOO1. The van der Waals surface area contributed by atoms with Crippen molar-refractivity contribution in [3.63, 3.8) is 0 Å². The second-order valence-corrected chi connectivity index (χ2v) is 4.91. The first kappa shape index (κ1) is 16.6. The van der Waals surface area contributed by atoms with Crippen LogP contribution in [0.1, 0.15) is 0 Å². The molecule has 1 aliphatic rings.